The summed E-state index contributed by atoms with van der Waals surface area (Å²) in [6.45, 7) is 49.1. The van der Waals surface area contributed by atoms with E-state index < -0.39 is 0 Å². The number of thioether (sulfide) groups is 6. The van der Waals surface area contributed by atoms with E-state index in [0.29, 0.717) is 66.0 Å². The predicted octanol–water partition coefficient (Wildman–Crippen LogP) is 38.1. The number of benzene rings is 12. The van der Waals surface area contributed by atoms with Crippen LogP contribution in [-0.2, 0) is 67.0 Å². The molecular formula is C130H164O6S6. The molecule has 0 heterocycles. The average Bonchev–Trinajstić information content (AvgIpc) is 0.805. The van der Waals surface area contributed by atoms with Crippen LogP contribution in [0.4, 0.5) is 0 Å². The highest BCUT2D eigenvalue weighted by Gasteiger charge is 2.34. The van der Waals surface area contributed by atoms with E-state index in [9.17, 15) is 30.6 Å². The van der Waals surface area contributed by atoms with Gasteiger partial charge in [0.25, 0.3) is 0 Å². The smallest absolute Gasteiger partial charge is 0.127 e. The first kappa shape index (κ1) is 111. The van der Waals surface area contributed by atoms with Crippen molar-refractivity contribution in [2.45, 2.75) is 366 Å². The first-order chi connectivity index (χ1) is 67.4. The van der Waals surface area contributed by atoms with Crippen LogP contribution in [0.3, 0.4) is 0 Å². The Morgan fingerprint density at radius 2 is 0.387 bits per heavy atom. The van der Waals surface area contributed by atoms with Crippen molar-refractivity contribution in [2.24, 2.45) is 0 Å². The summed E-state index contributed by atoms with van der Waals surface area (Å²) in [4.78, 5) is 0. The maximum atomic E-state index is 11.7. The zero-order chi connectivity index (χ0) is 102. The van der Waals surface area contributed by atoms with Gasteiger partial charge in [-0.2, -0.15) is 70.6 Å². The standard InChI is InChI=1S/2C44H56O2S2.C42H52O2S2/c1-29-17-13-15-19-35(29)37-25-33(43(3,4)5)23-31(41(37)45)27-47-39-21-11-9-10-12-22-40(39)48-28-32-24-34(44(6,7)8)26-38(42(32)46)36-20-16-14-18-30(36)2;1-29-15-13-17-31(21-29)37-25-35(43(3,4)5)23-33(41(37)45)27-47-39-19-11-9-10-12-20-40(39)48-28-34-24-36(44(6,7)8)26-38(42(34)46)32-18-14-16-30(2)22-32;1-41(2,3)33-23-31(39(43)35(25-33)29-17-11-9-12-18-29)27-45-37-21-15-7-8-16-22-38(37)46-28-32-24-34(42(4,5)6)26-36(40(32)44)30-19-13-10-14-20-30/h13-20,23-26,39-40,45-46H,9-12,21-22,27-28H2,1-8H3;13-18,21-26,39-40,45-46H,9-12,19-20,27-28H2,1-8H3;9-14,17-20,23-26,37-38,43-44H,7-8,15-16,21-22,27-28H2,1-6H3/t2*39-,40?;37-,38?/m000/s1. The molecule has 15 rings (SSSR count). The molecule has 12 heteroatoms. The number of aryl methyl sites for hydroxylation is 4. The normalized spacial score (nSPS) is 17.6. The largest absolute Gasteiger partial charge is 0.507 e. The third kappa shape index (κ3) is 29.7. The van der Waals surface area contributed by atoms with Crippen LogP contribution < -0.4 is 0 Å². The van der Waals surface area contributed by atoms with E-state index in [1.807, 2.05) is 107 Å². The number of phenols is 6. The zero-order valence-electron chi connectivity index (χ0n) is 89.5. The lowest BCUT2D eigenvalue weighted by Crippen LogP contribution is -2.22. The minimum atomic E-state index is -0.0239. The Kier molecular flexibility index (Phi) is 38.5. The summed E-state index contributed by atoms with van der Waals surface area (Å²) >= 11 is 12.2. The van der Waals surface area contributed by atoms with Gasteiger partial charge in [-0.05, 0) is 213 Å². The molecular weight excluding hydrogens is 1850 g/mol. The Labute approximate surface area is 881 Å². The fourth-order valence-electron chi connectivity index (χ4n) is 19.9. The SMILES string of the molecule is CC(C)(C)c1cc(CSC2CCCCCC[C@@H]2SCc2cc(C(C)(C)C)cc(-c3ccccc3)c2O)c(O)c(-c2ccccc2)c1.Cc1cccc(-c2cc(C(C)(C)C)cc(CSC3CCCCCC[C@@H]3SCc3cc(C(C)(C)C)cc(-c4cccc(C)c4)c3O)c2O)c1.Cc1ccccc1-c1cc(C(C)(C)C)cc(CSC2CCCCCC[C@@H]2SCc2cc(C(C)(C)C)cc(-c3ccccc3C)c2O)c1O. The van der Waals surface area contributed by atoms with Crippen molar-refractivity contribution in [3.8, 4) is 101 Å². The molecule has 12 aromatic carbocycles. The van der Waals surface area contributed by atoms with E-state index in [2.05, 4.69) is 346 Å². The number of hydrogen-bond donors (Lipinski definition) is 6. The van der Waals surface area contributed by atoms with E-state index in [1.165, 1.54) is 171 Å². The lowest BCUT2D eigenvalue weighted by Gasteiger charge is -2.30. The molecule has 3 saturated carbocycles. The Hall–Kier alpha value is -8.46. The molecule has 0 aromatic heterocycles. The predicted molar refractivity (Wildman–Crippen MR) is 626 cm³/mol. The van der Waals surface area contributed by atoms with Gasteiger partial charge < -0.3 is 30.6 Å². The summed E-state index contributed by atoms with van der Waals surface area (Å²) in [6, 6.07) is 80.9. The van der Waals surface area contributed by atoms with Gasteiger partial charge in [0, 0.05) is 133 Å². The second-order valence-corrected chi connectivity index (χ2v) is 54.2. The number of rotatable bonds is 24. The van der Waals surface area contributed by atoms with Crippen molar-refractivity contribution < 1.29 is 30.6 Å². The number of phenolic OH excluding ortho intramolecular Hbond substituents is 6. The molecule has 0 radical (unpaired) electrons. The summed E-state index contributed by atoms with van der Waals surface area (Å²) in [5, 5.41) is 72.9. The molecule has 6 atom stereocenters. The fraction of sp³-hybridized carbons (Fsp3) is 0.446. The Morgan fingerprint density at radius 3 is 0.599 bits per heavy atom. The van der Waals surface area contributed by atoms with E-state index in [0.717, 1.165) is 135 Å². The van der Waals surface area contributed by atoms with Crippen LogP contribution >= 0.6 is 70.6 Å². The fourth-order valence-corrected chi connectivity index (χ4v) is 29.1. The van der Waals surface area contributed by atoms with Gasteiger partial charge in [0.2, 0.25) is 0 Å². The van der Waals surface area contributed by atoms with E-state index in [1.54, 1.807) is 0 Å². The molecule has 3 aliphatic carbocycles. The van der Waals surface area contributed by atoms with Crippen molar-refractivity contribution in [3.63, 3.8) is 0 Å². The van der Waals surface area contributed by atoms with E-state index in [-0.39, 0.29) is 32.5 Å². The highest BCUT2D eigenvalue weighted by atomic mass is 32.2. The highest BCUT2D eigenvalue weighted by Crippen LogP contribution is 2.52. The summed E-state index contributed by atoms with van der Waals surface area (Å²) in [6.07, 6.45) is 22.4. The topological polar surface area (TPSA) is 121 Å². The van der Waals surface area contributed by atoms with Crippen LogP contribution in [0.25, 0.3) is 66.8 Å². The molecule has 142 heavy (non-hydrogen) atoms. The molecule has 6 nitrogen and oxygen atoms in total. The summed E-state index contributed by atoms with van der Waals surface area (Å²) < 4.78 is 0. The average molecular weight is 2020 g/mol. The molecule has 6 N–H and O–H groups in total. The molecule has 3 unspecified atom stereocenters. The molecule has 3 fully saturated rings. The summed E-state index contributed by atoms with van der Waals surface area (Å²) in [5.41, 5.74) is 30.5. The summed E-state index contributed by atoms with van der Waals surface area (Å²) in [7, 11) is 0. The molecule has 0 aliphatic heterocycles. The molecule has 0 saturated heterocycles. The third-order valence-corrected chi connectivity index (χ3v) is 38.5. The monoisotopic (exact) mass is 2010 g/mol. The lowest BCUT2D eigenvalue weighted by atomic mass is 9.83. The minimum Gasteiger partial charge on any atom is -0.507 e. The van der Waals surface area contributed by atoms with Crippen LogP contribution in [0.5, 0.6) is 34.5 Å². The van der Waals surface area contributed by atoms with Gasteiger partial charge in [-0.3, -0.25) is 0 Å². The molecule has 756 valence electrons. The van der Waals surface area contributed by atoms with E-state index >= 15 is 0 Å². The Balaban J connectivity index is 0.000000179. The maximum absolute atomic E-state index is 11.7. The number of aromatic hydroxyl groups is 6. The van der Waals surface area contributed by atoms with Crippen molar-refractivity contribution in [1.82, 2.24) is 0 Å². The highest BCUT2D eigenvalue weighted by molar-refractivity contribution is 8.04. The van der Waals surface area contributed by atoms with Crippen molar-refractivity contribution in [3.05, 3.63) is 320 Å². The van der Waals surface area contributed by atoms with Crippen molar-refractivity contribution >= 4 is 70.6 Å². The quantitative estimate of drug-likeness (QED) is 0.0346. The van der Waals surface area contributed by atoms with Gasteiger partial charge in [-0.1, -0.05) is 407 Å². The van der Waals surface area contributed by atoms with Gasteiger partial charge in [0.15, 0.2) is 0 Å². The second-order valence-electron chi connectivity index (χ2n) is 46.9. The van der Waals surface area contributed by atoms with E-state index in [4.69, 9.17) is 0 Å². The van der Waals surface area contributed by atoms with Gasteiger partial charge >= 0.3 is 0 Å². The van der Waals surface area contributed by atoms with Gasteiger partial charge in [0.05, 0.1) is 0 Å². The maximum Gasteiger partial charge on any atom is 0.127 e. The first-order valence-corrected chi connectivity index (χ1v) is 58.9. The van der Waals surface area contributed by atoms with Gasteiger partial charge in [0.1, 0.15) is 34.5 Å². The first-order valence-electron chi connectivity index (χ1n) is 52.6. The second kappa shape index (κ2) is 49.4. The Morgan fingerprint density at radius 1 is 0.197 bits per heavy atom. The third-order valence-electron chi connectivity index (χ3n) is 29.2. The van der Waals surface area contributed by atoms with Crippen LogP contribution in [0, 0.1) is 27.7 Å². The van der Waals surface area contributed by atoms with Crippen LogP contribution in [-0.4, -0.2) is 62.1 Å². The molecule has 0 amide bonds. The van der Waals surface area contributed by atoms with Crippen molar-refractivity contribution in [1.29, 1.82) is 0 Å². The molecule has 0 bridgehead atoms. The van der Waals surface area contributed by atoms with Crippen LogP contribution in [0.15, 0.2) is 231 Å². The van der Waals surface area contributed by atoms with Gasteiger partial charge in [-0.25, -0.2) is 0 Å². The number of hydrogen-bond acceptors (Lipinski definition) is 12. The lowest BCUT2D eigenvalue weighted by molar-refractivity contribution is 0.470. The molecule has 3 aliphatic rings. The summed E-state index contributed by atoms with van der Waals surface area (Å²) in [5.74, 6) is 7.26. The van der Waals surface area contributed by atoms with Crippen LogP contribution in [0.2, 0.25) is 0 Å². The molecule has 0 spiro atoms. The van der Waals surface area contributed by atoms with Gasteiger partial charge in [-0.15, -0.1) is 0 Å². The zero-order valence-corrected chi connectivity index (χ0v) is 94.4. The van der Waals surface area contributed by atoms with Crippen LogP contribution in [0.1, 0.15) is 329 Å². The Bertz CT molecular complexity index is 5810. The van der Waals surface area contributed by atoms with Crippen molar-refractivity contribution in [2.75, 3.05) is 0 Å². The minimum absolute atomic E-state index is 0.0164. The molecule has 12 aromatic rings.